The van der Waals surface area contributed by atoms with Gasteiger partial charge in [0.25, 0.3) is 11.8 Å². The Hall–Kier alpha value is -2.93. The van der Waals surface area contributed by atoms with Crippen LogP contribution in [0.3, 0.4) is 0 Å². The molecule has 3 heterocycles. The fourth-order valence-corrected chi connectivity index (χ4v) is 3.61. The highest BCUT2D eigenvalue weighted by atomic mass is 19.1. The first-order valence-electron chi connectivity index (χ1n) is 8.85. The molecule has 2 aliphatic rings. The summed E-state index contributed by atoms with van der Waals surface area (Å²) in [6.07, 6.45) is 2.46. The quantitative estimate of drug-likeness (QED) is 0.728. The van der Waals surface area contributed by atoms with Crippen LogP contribution in [0.1, 0.15) is 39.3 Å². The van der Waals surface area contributed by atoms with E-state index in [1.165, 1.54) is 12.1 Å². The average molecular weight is 369 g/mol. The molecule has 2 amide bonds. The number of aryl methyl sites for hydroxylation is 1. The van der Waals surface area contributed by atoms with Crippen molar-refractivity contribution in [3.8, 4) is 0 Å². The molecular weight excluding hydrogens is 349 g/mol. The van der Waals surface area contributed by atoms with Crippen molar-refractivity contribution >= 4 is 29.2 Å². The van der Waals surface area contributed by atoms with Crippen LogP contribution in [0.2, 0.25) is 0 Å². The van der Waals surface area contributed by atoms with E-state index in [4.69, 9.17) is 4.74 Å². The molecule has 0 aliphatic carbocycles. The van der Waals surface area contributed by atoms with Gasteiger partial charge in [0.15, 0.2) is 0 Å². The van der Waals surface area contributed by atoms with Crippen molar-refractivity contribution in [1.82, 2.24) is 10.3 Å². The molecule has 2 aromatic rings. The molecule has 4 rings (SSSR count). The summed E-state index contributed by atoms with van der Waals surface area (Å²) in [7, 11) is 0. The molecule has 3 N–H and O–H groups in total. The first-order valence-corrected chi connectivity index (χ1v) is 8.85. The lowest BCUT2D eigenvalue weighted by atomic mass is 10.0. The largest absolute Gasteiger partial charge is 0.379 e. The van der Waals surface area contributed by atoms with Gasteiger partial charge in [-0.25, -0.2) is 4.39 Å². The van der Waals surface area contributed by atoms with Gasteiger partial charge in [-0.05, 0) is 50.1 Å². The Kier molecular flexibility index (Phi) is 4.31. The van der Waals surface area contributed by atoms with Crippen LogP contribution < -0.4 is 10.6 Å². The summed E-state index contributed by atoms with van der Waals surface area (Å²) in [6, 6.07) is 4.20. The summed E-state index contributed by atoms with van der Waals surface area (Å²) >= 11 is 0. The van der Waals surface area contributed by atoms with E-state index in [9.17, 15) is 14.0 Å². The van der Waals surface area contributed by atoms with Crippen LogP contribution in [0.25, 0.3) is 11.6 Å². The monoisotopic (exact) mass is 369 g/mol. The number of amides is 2. The molecule has 1 fully saturated rings. The number of hydrogen-bond acceptors (Lipinski definition) is 3. The standard InChI is InChI=1S/C20H20FN3O3/c1-10-17(8-15-14-7-12(21)3-4-16(14)24-19(15)25)22-11(2)18(10)20(26)23-13-5-6-27-9-13/h3-4,7-8,13,22H,5-6,9H2,1-2H3,(H,23,26)(H,24,25)/b15-8-/t13-/m0/s1. The minimum absolute atomic E-state index is 0.0171. The number of aromatic nitrogens is 1. The Bertz CT molecular complexity index is 971. The van der Waals surface area contributed by atoms with Crippen molar-refractivity contribution in [1.29, 1.82) is 0 Å². The van der Waals surface area contributed by atoms with Gasteiger partial charge in [0, 0.05) is 29.2 Å². The number of aromatic amines is 1. The SMILES string of the molecule is Cc1[nH]c(/C=C2\C(=O)Nc3ccc(F)cc32)c(C)c1C(=O)N[C@H]1CCOC1. The average Bonchev–Trinajstić information content (AvgIpc) is 3.29. The van der Waals surface area contributed by atoms with Crippen molar-refractivity contribution in [3.05, 3.63) is 52.1 Å². The van der Waals surface area contributed by atoms with Gasteiger partial charge in [0.05, 0.1) is 23.8 Å². The molecule has 2 aliphatic heterocycles. The number of hydrogen-bond donors (Lipinski definition) is 3. The minimum atomic E-state index is -0.408. The molecule has 0 radical (unpaired) electrons. The summed E-state index contributed by atoms with van der Waals surface area (Å²) in [6.45, 7) is 4.82. The van der Waals surface area contributed by atoms with E-state index in [1.54, 1.807) is 12.1 Å². The molecule has 140 valence electrons. The summed E-state index contributed by atoms with van der Waals surface area (Å²) < 4.78 is 18.9. The number of carbonyl (C=O) groups is 2. The van der Waals surface area contributed by atoms with E-state index in [2.05, 4.69) is 15.6 Å². The number of anilines is 1. The van der Waals surface area contributed by atoms with E-state index in [0.717, 1.165) is 12.0 Å². The molecule has 0 bridgehead atoms. The molecule has 0 saturated carbocycles. The highest BCUT2D eigenvalue weighted by molar-refractivity contribution is 6.34. The zero-order valence-corrected chi connectivity index (χ0v) is 15.1. The van der Waals surface area contributed by atoms with Crippen molar-refractivity contribution in [2.24, 2.45) is 0 Å². The summed E-state index contributed by atoms with van der Waals surface area (Å²) in [5, 5.41) is 5.71. The second-order valence-electron chi connectivity index (χ2n) is 6.90. The molecule has 1 aromatic carbocycles. The van der Waals surface area contributed by atoms with E-state index in [0.29, 0.717) is 47.0 Å². The second-order valence-corrected chi connectivity index (χ2v) is 6.90. The van der Waals surface area contributed by atoms with E-state index in [1.807, 2.05) is 13.8 Å². The van der Waals surface area contributed by atoms with E-state index < -0.39 is 5.82 Å². The van der Waals surface area contributed by atoms with E-state index in [-0.39, 0.29) is 17.9 Å². The highest BCUT2D eigenvalue weighted by Crippen LogP contribution is 2.34. The molecular formula is C20H20FN3O3. The first-order chi connectivity index (χ1) is 12.9. The van der Waals surface area contributed by atoms with Gasteiger partial charge in [0.2, 0.25) is 0 Å². The summed E-state index contributed by atoms with van der Waals surface area (Å²) in [4.78, 5) is 28.1. The third-order valence-electron chi connectivity index (χ3n) is 5.02. The van der Waals surface area contributed by atoms with Gasteiger partial charge in [-0.15, -0.1) is 0 Å². The maximum atomic E-state index is 13.6. The fraction of sp³-hybridized carbons (Fsp3) is 0.300. The predicted molar refractivity (Wildman–Crippen MR) is 99.9 cm³/mol. The van der Waals surface area contributed by atoms with Gasteiger partial charge in [-0.1, -0.05) is 0 Å². The Balaban J connectivity index is 1.68. The number of fused-ring (bicyclic) bond motifs is 1. The molecule has 27 heavy (non-hydrogen) atoms. The van der Waals surface area contributed by atoms with Crippen LogP contribution in [-0.2, 0) is 9.53 Å². The molecule has 7 heteroatoms. The van der Waals surface area contributed by atoms with Crippen LogP contribution >= 0.6 is 0 Å². The number of carbonyl (C=O) groups excluding carboxylic acids is 2. The smallest absolute Gasteiger partial charge is 0.256 e. The zero-order valence-electron chi connectivity index (χ0n) is 15.1. The van der Waals surface area contributed by atoms with Gasteiger partial charge in [0.1, 0.15) is 5.82 Å². The van der Waals surface area contributed by atoms with Crippen LogP contribution in [0.5, 0.6) is 0 Å². The third kappa shape index (κ3) is 3.14. The van der Waals surface area contributed by atoms with Crippen molar-refractivity contribution < 1.29 is 18.7 Å². The minimum Gasteiger partial charge on any atom is -0.379 e. The number of nitrogens with one attached hydrogen (secondary N) is 3. The highest BCUT2D eigenvalue weighted by Gasteiger charge is 2.27. The van der Waals surface area contributed by atoms with Crippen LogP contribution in [0.4, 0.5) is 10.1 Å². The van der Waals surface area contributed by atoms with Gasteiger partial charge >= 0.3 is 0 Å². The lowest BCUT2D eigenvalue weighted by Gasteiger charge is -2.11. The first kappa shape index (κ1) is 17.5. The van der Waals surface area contributed by atoms with Gasteiger partial charge in [-0.2, -0.15) is 0 Å². The number of benzene rings is 1. The Morgan fingerprint density at radius 3 is 2.93 bits per heavy atom. The Morgan fingerprint density at radius 1 is 1.37 bits per heavy atom. The van der Waals surface area contributed by atoms with E-state index >= 15 is 0 Å². The fourth-order valence-electron chi connectivity index (χ4n) is 3.61. The molecule has 1 atom stereocenters. The van der Waals surface area contributed by atoms with Crippen molar-refractivity contribution in [2.75, 3.05) is 18.5 Å². The number of ether oxygens (including phenoxy) is 1. The van der Waals surface area contributed by atoms with Gasteiger partial charge in [-0.3, -0.25) is 9.59 Å². The number of halogens is 1. The normalized spacial score (nSPS) is 20.0. The topological polar surface area (TPSA) is 83.2 Å². The lowest BCUT2D eigenvalue weighted by Crippen LogP contribution is -2.35. The Morgan fingerprint density at radius 2 is 2.19 bits per heavy atom. The van der Waals surface area contributed by atoms with Crippen LogP contribution in [0, 0.1) is 19.7 Å². The van der Waals surface area contributed by atoms with Crippen LogP contribution in [0.15, 0.2) is 18.2 Å². The summed E-state index contributed by atoms with van der Waals surface area (Å²) in [5.41, 5.74) is 4.13. The van der Waals surface area contributed by atoms with Crippen LogP contribution in [-0.4, -0.2) is 36.1 Å². The number of H-pyrrole nitrogens is 1. The Labute approximate surface area is 155 Å². The predicted octanol–water partition coefficient (Wildman–Crippen LogP) is 2.78. The lowest BCUT2D eigenvalue weighted by molar-refractivity contribution is -0.110. The third-order valence-corrected chi connectivity index (χ3v) is 5.02. The second kappa shape index (κ2) is 6.66. The molecule has 1 saturated heterocycles. The maximum absolute atomic E-state index is 13.6. The van der Waals surface area contributed by atoms with Crippen molar-refractivity contribution in [3.63, 3.8) is 0 Å². The maximum Gasteiger partial charge on any atom is 0.256 e. The zero-order chi connectivity index (χ0) is 19.1. The molecule has 1 aromatic heterocycles. The molecule has 0 spiro atoms. The molecule has 0 unspecified atom stereocenters. The number of rotatable bonds is 3. The molecule has 6 nitrogen and oxygen atoms in total. The summed E-state index contributed by atoms with van der Waals surface area (Å²) in [5.74, 6) is -0.866. The van der Waals surface area contributed by atoms with Crippen molar-refractivity contribution in [2.45, 2.75) is 26.3 Å². The van der Waals surface area contributed by atoms with Gasteiger partial charge < -0.3 is 20.4 Å².